The minimum absolute atomic E-state index is 0.0150. The average molecular weight is 312 g/mol. The molecule has 0 aliphatic carbocycles. The van der Waals surface area contributed by atoms with Crippen molar-refractivity contribution < 1.29 is 14.5 Å². The smallest absolute Gasteiger partial charge is 0.310 e. The second kappa shape index (κ2) is 5.41. The molecule has 1 aromatic carbocycles. The lowest BCUT2D eigenvalue weighted by Gasteiger charge is -2.05. The van der Waals surface area contributed by atoms with E-state index in [0.717, 1.165) is 5.52 Å². The summed E-state index contributed by atoms with van der Waals surface area (Å²) < 4.78 is 6.56. The molecule has 0 unspecified atom stereocenters. The monoisotopic (exact) mass is 312 g/mol. The molecule has 0 radical (unpaired) electrons. The molecule has 0 amide bonds. The van der Waals surface area contributed by atoms with Crippen molar-refractivity contribution in [1.82, 2.24) is 9.38 Å². The quantitative estimate of drug-likeness (QED) is 0.448. The fraction of sp³-hybridized carbons (Fsp3) is 0.0667. The van der Waals surface area contributed by atoms with Gasteiger partial charge in [-0.1, -0.05) is 0 Å². The topological polar surface area (TPSA) is 113 Å². The summed E-state index contributed by atoms with van der Waals surface area (Å²) in [5.41, 5.74) is 6.98. The van der Waals surface area contributed by atoms with Crippen LogP contribution in [0.3, 0.4) is 0 Å². The highest BCUT2D eigenvalue weighted by Gasteiger charge is 2.20. The van der Waals surface area contributed by atoms with E-state index in [2.05, 4.69) is 4.98 Å². The third-order valence-electron chi connectivity index (χ3n) is 3.39. The van der Waals surface area contributed by atoms with Gasteiger partial charge < -0.3 is 10.5 Å². The van der Waals surface area contributed by atoms with Crippen molar-refractivity contribution in [2.24, 2.45) is 0 Å². The number of fused-ring (bicyclic) bond motifs is 1. The van der Waals surface area contributed by atoms with Crippen molar-refractivity contribution in [3.8, 4) is 5.75 Å². The van der Waals surface area contributed by atoms with Crippen LogP contribution in [-0.4, -0.2) is 27.2 Å². The fourth-order valence-corrected chi connectivity index (χ4v) is 2.27. The summed E-state index contributed by atoms with van der Waals surface area (Å²) in [6.07, 6.45) is 3.15. The maximum absolute atomic E-state index is 12.6. The Morgan fingerprint density at radius 1 is 1.35 bits per heavy atom. The molecule has 3 aromatic rings. The number of anilines is 1. The number of nitro groups is 1. The predicted octanol–water partition coefficient (Wildman–Crippen LogP) is 2.06. The Balaban J connectivity index is 2.09. The van der Waals surface area contributed by atoms with Gasteiger partial charge in [0, 0.05) is 23.5 Å². The van der Waals surface area contributed by atoms with E-state index in [-0.39, 0.29) is 28.6 Å². The largest absolute Gasteiger partial charge is 0.490 e. The number of hydrogen-bond acceptors (Lipinski definition) is 6. The third-order valence-corrected chi connectivity index (χ3v) is 3.39. The van der Waals surface area contributed by atoms with Gasteiger partial charge in [-0.3, -0.25) is 19.3 Å². The number of methoxy groups -OCH3 is 1. The van der Waals surface area contributed by atoms with Crippen molar-refractivity contribution in [1.29, 1.82) is 0 Å². The third kappa shape index (κ3) is 2.46. The van der Waals surface area contributed by atoms with Crippen LogP contribution in [0.25, 0.3) is 5.52 Å². The number of rotatable bonds is 4. The summed E-state index contributed by atoms with van der Waals surface area (Å²) in [6.45, 7) is 0. The van der Waals surface area contributed by atoms with Crippen molar-refractivity contribution in [2.45, 2.75) is 0 Å². The zero-order valence-electron chi connectivity index (χ0n) is 12.1. The lowest BCUT2D eigenvalue weighted by molar-refractivity contribution is -0.385. The molecular formula is C15H12N4O4. The molecule has 23 heavy (non-hydrogen) atoms. The van der Waals surface area contributed by atoms with E-state index in [1.807, 2.05) is 0 Å². The number of nitrogens with two attached hydrogens (primary N) is 1. The highest BCUT2D eigenvalue weighted by molar-refractivity contribution is 6.07. The molecular weight excluding hydrogens is 300 g/mol. The van der Waals surface area contributed by atoms with E-state index in [1.165, 1.54) is 25.3 Å². The molecule has 8 nitrogen and oxygen atoms in total. The van der Waals surface area contributed by atoms with E-state index >= 15 is 0 Å². The van der Waals surface area contributed by atoms with E-state index in [0.29, 0.717) is 5.69 Å². The van der Waals surface area contributed by atoms with E-state index in [4.69, 9.17) is 10.5 Å². The number of hydrogen-bond donors (Lipinski definition) is 1. The van der Waals surface area contributed by atoms with Gasteiger partial charge in [-0.05, 0) is 24.3 Å². The molecule has 0 bridgehead atoms. The Labute approximate surface area is 130 Å². The molecule has 2 aromatic heterocycles. The van der Waals surface area contributed by atoms with Gasteiger partial charge in [0.25, 0.3) is 0 Å². The number of pyridine rings is 1. The first-order chi connectivity index (χ1) is 11.0. The molecule has 0 saturated heterocycles. The van der Waals surface area contributed by atoms with E-state index < -0.39 is 4.92 Å². The van der Waals surface area contributed by atoms with Gasteiger partial charge in [0.05, 0.1) is 23.7 Å². The highest BCUT2D eigenvalue weighted by Crippen LogP contribution is 2.28. The number of nitro benzene ring substituents is 1. The Bertz CT molecular complexity index is 932. The van der Waals surface area contributed by atoms with Crippen molar-refractivity contribution in [3.05, 3.63) is 64.2 Å². The maximum Gasteiger partial charge on any atom is 0.310 e. The highest BCUT2D eigenvalue weighted by atomic mass is 16.6. The van der Waals surface area contributed by atoms with Gasteiger partial charge in [-0.2, -0.15) is 0 Å². The Morgan fingerprint density at radius 2 is 2.13 bits per heavy atom. The summed E-state index contributed by atoms with van der Waals surface area (Å²) in [6, 6.07) is 7.39. The normalized spacial score (nSPS) is 10.7. The number of imidazole rings is 1. The van der Waals surface area contributed by atoms with Crippen LogP contribution in [-0.2, 0) is 0 Å². The molecule has 2 N–H and O–H groups in total. The number of nitrogen functional groups attached to an aromatic ring is 1. The van der Waals surface area contributed by atoms with Crippen LogP contribution in [0.2, 0.25) is 0 Å². The number of ketones is 1. The number of ether oxygens (including phenoxy) is 1. The van der Waals surface area contributed by atoms with Gasteiger partial charge in [0.2, 0.25) is 5.78 Å². The van der Waals surface area contributed by atoms with Crippen LogP contribution in [0, 0.1) is 10.1 Å². The standard InChI is InChI=1S/C15H12N4O4/c1-23-13-6-9(2-5-12(13)19(21)22)14(20)15-17-7-11-4-3-10(16)8-18(11)15/h2-8H,16H2,1H3. The van der Waals surface area contributed by atoms with Crippen LogP contribution in [0.15, 0.2) is 42.7 Å². The van der Waals surface area contributed by atoms with Crippen molar-refractivity contribution >= 4 is 22.7 Å². The Morgan fingerprint density at radius 3 is 2.83 bits per heavy atom. The first kappa shape index (κ1) is 14.5. The summed E-state index contributed by atoms with van der Waals surface area (Å²) in [5.74, 6) is -0.201. The average Bonchev–Trinajstić information content (AvgIpc) is 2.96. The molecule has 116 valence electrons. The lowest BCUT2D eigenvalue weighted by Crippen LogP contribution is -2.08. The molecule has 0 fully saturated rings. The van der Waals surface area contributed by atoms with Crippen LogP contribution < -0.4 is 10.5 Å². The number of aromatic nitrogens is 2. The zero-order valence-corrected chi connectivity index (χ0v) is 12.1. The lowest BCUT2D eigenvalue weighted by atomic mass is 10.1. The van der Waals surface area contributed by atoms with Crippen LogP contribution >= 0.6 is 0 Å². The predicted molar refractivity (Wildman–Crippen MR) is 82.7 cm³/mol. The summed E-state index contributed by atoms with van der Waals surface area (Å²) in [5, 5.41) is 10.9. The van der Waals surface area contributed by atoms with Gasteiger partial charge >= 0.3 is 5.69 Å². The molecule has 0 atom stereocenters. The first-order valence-electron chi connectivity index (χ1n) is 6.61. The maximum atomic E-state index is 12.6. The fourth-order valence-electron chi connectivity index (χ4n) is 2.27. The van der Waals surface area contributed by atoms with E-state index in [1.54, 1.807) is 28.9 Å². The number of carbonyl (C=O) groups excluding carboxylic acids is 1. The molecule has 0 spiro atoms. The Hall–Kier alpha value is -3.42. The minimum atomic E-state index is -0.571. The van der Waals surface area contributed by atoms with E-state index in [9.17, 15) is 14.9 Å². The summed E-state index contributed by atoms with van der Waals surface area (Å²) >= 11 is 0. The molecule has 0 aliphatic rings. The summed E-state index contributed by atoms with van der Waals surface area (Å²) in [4.78, 5) is 27.1. The van der Waals surface area contributed by atoms with Crippen LogP contribution in [0.1, 0.15) is 16.2 Å². The van der Waals surface area contributed by atoms with Gasteiger partial charge in [-0.25, -0.2) is 4.98 Å². The molecule has 2 heterocycles. The van der Waals surface area contributed by atoms with Crippen molar-refractivity contribution in [3.63, 3.8) is 0 Å². The zero-order chi connectivity index (χ0) is 16.6. The molecule has 0 aliphatic heterocycles. The number of carbonyl (C=O) groups is 1. The Kier molecular flexibility index (Phi) is 3.41. The van der Waals surface area contributed by atoms with Gasteiger partial charge in [0.15, 0.2) is 11.6 Å². The molecule has 3 rings (SSSR count). The van der Waals surface area contributed by atoms with Gasteiger partial charge in [0.1, 0.15) is 0 Å². The second-order valence-electron chi connectivity index (χ2n) is 4.81. The summed E-state index contributed by atoms with van der Waals surface area (Å²) in [7, 11) is 1.31. The first-order valence-corrected chi connectivity index (χ1v) is 6.61. The van der Waals surface area contributed by atoms with Crippen LogP contribution in [0.5, 0.6) is 5.75 Å². The van der Waals surface area contributed by atoms with Crippen LogP contribution in [0.4, 0.5) is 11.4 Å². The minimum Gasteiger partial charge on any atom is -0.490 e. The SMILES string of the molecule is COc1cc(C(=O)c2ncc3ccc(N)cn23)ccc1[N+](=O)[O-]. The van der Waals surface area contributed by atoms with Crippen molar-refractivity contribution in [2.75, 3.05) is 12.8 Å². The molecule has 8 heteroatoms. The number of nitrogens with zero attached hydrogens (tertiary/aromatic N) is 3. The molecule has 0 saturated carbocycles. The van der Waals surface area contributed by atoms with Gasteiger partial charge in [-0.15, -0.1) is 0 Å². The number of benzene rings is 1. The second-order valence-corrected chi connectivity index (χ2v) is 4.81.